The third-order valence-corrected chi connectivity index (χ3v) is 3.84. The fourth-order valence-electron chi connectivity index (χ4n) is 2.21. The highest BCUT2D eigenvalue weighted by Gasteiger charge is 2.16. The zero-order chi connectivity index (χ0) is 15.7. The van der Waals surface area contributed by atoms with Crippen molar-refractivity contribution in [2.24, 2.45) is 7.05 Å². The lowest BCUT2D eigenvalue weighted by Crippen LogP contribution is -2.31. The first kappa shape index (κ1) is 14.5. The molecule has 0 aliphatic heterocycles. The maximum atomic E-state index is 12.4. The zero-order valence-electron chi connectivity index (χ0n) is 12.3. The Morgan fingerprint density at radius 2 is 2.14 bits per heavy atom. The van der Waals surface area contributed by atoms with Gasteiger partial charge in [0.05, 0.1) is 29.0 Å². The second-order valence-corrected chi connectivity index (χ2v) is 5.46. The summed E-state index contributed by atoms with van der Waals surface area (Å²) in [7, 11) is 3.52. The molecule has 0 saturated heterocycles. The average molecular weight is 319 g/mol. The van der Waals surface area contributed by atoms with Crippen LogP contribution < -0.4 is 0 Å². The topological polar surface area (TPSA) is 68.8 Å². The standard InChI is InChI=1S/C14H15ClN6O/c1-19(8-13-10(15)7-16-20(13)2)14(22)9-21-12-6-4-3-5-11(12)17-18-21/h3-7H,8-9H2,1-2H3. The van der Waals surface area contributed by atoms with Crippen LogP contribution in [0.2, 0.25) is 5.02 Å². The number of aromatic nitrogens is 5. The number of carbonyl (C=O) groups is 1. The average Bonchev–Trinajstić information content (AvgIpc) is 3.06. The van der Waals surface area contributed by atoms with E-state index in [0.717, 1.165) is 16.7 Å². The maximum absolute atomic E-state index is 12.4. The Morgan fingerprint density at radius 3 is 2.86 bits per heavy atom. The van der Waals surface area contributed by atoms with E-state index in [-0.39, 0.29) is 12.5 Å². The highest BCUT2D eigenvalue weighted by molar-refractivity contribution is 6.31. The van der Waals surface area contributed by atoms with Crippen LogP contribution in [-0.4, -0.2) is 42.6 Å². The van der Waals surface area contributed by atoms with Gasteiger partial charge < -0.3 is 4.90 Å². The molecular weight excluding hydrogens is 304 g/mol. The van der Waals surface area contributed by atoms with E-state index in [1.807, 2.05) is 24.3 Å². The predicted molar refractivity (Wildman–Crippen MR) is 82.2 cm³/mol. The van der Waals surface area contributed by atoms with Crippen LogP contribution in [0.25, 0.3) is 11.0 Å². The predicted octanol–water partition coefficient (Wildman–Crippen LogP) is 1.48. The van der Waals surface area contributed by atoms with Crippen LogP contribution in [0.3, 0.4) is 0 Å². The molecule has 0 fully saturated rings. The van der Waals surface area contributed by atoms with Crippen molar-refractivity contribution >= 4 is 28.5 Å². The van der Waals surface area contributed by atoms with Crippen molar-refractivity contribution in [3.8, 4) is 0 Å². The molecule has 0 atom stereocenters. The summed E-state index contributed by atoms with van der Waals surface area (Å²) in [6, 6.07) is 7.54. The lowest BCUT2D eigenvalue weighted by Gasteiger charge is -2.17. The van der Waals surface area contributed by atoms with E-state index in [1.54, 1.807) is 34.6 Å². The molecule has 7 nitrogen and oxygen atoms in total. The molecule has 3 rings (SSSR count). The van der Waals surface area contributed by atoms with Gasteiger partial charge in [0, 0.05) is 14.1 Å². The monoisotopic (exact) mass is 318 g/mol. The second kappa shape index (κ2) is 5.76. The van der Waals surface area contributed by atoms with E-state index < -0.39 is 0 Å². The molecule has 114 valence electrons. The van der Waals surface area contributed by atoms with E-state index in [2.05, 4.69) is 15.4 Å². The van der Waals surface area contributed by atoms with Crippen molar-refractivity contribution < 1.29 is 4.79 Å². The van der Waals surface area contributed by atoms with Crippen molar-refractivity contribution in [2.75, 3.05) is 7.05 Å². The molecule has 0 bridgehead atoms. The highest BCUT2D eigenvalue weighted by atomic mass is 35.5. The van der Waals surface area contributed by atoms with E-state index in [9.17, 15) is 4.79 Å². The van der Waals surface area contributed by atoms with Crippen LogP contribution in [0.5, 0.6) is 0 Å². The largest absolute Gasteiger partial charge is 0.338 e. The molecule has 0 radical (unpaired) electrons. The minimum Gasteiger partial charge on any atom is -0.338 e. The number of fused-ring (bicyclic) bond motifs is 1. The Labute approximate surface area is 132 Å². The molecule has 1 aromatic carbocycles. The van der Waals surface area contributed by atoms with Gasteiger partial charge >= 0.3 is 0 Å². The maximum Gasteiger partial charge on any atom is 0.244 e. The molecular formula is C14H15ClN6O. The number of aryl methyl sites for hydroxylation is 1. The Bertz CT molecular complexity index is 804. The first-order valence-electron chi connectivity index (χ1n) is 6.75. The van der Waals surface area contributed by atoms with Crippen LogP contribution in [0.15, 0.2) is 30.5 Å². The quantitative estimate of drug-likeness (QED) is 0.730. The summed E-state index contributed by atoms with van der Waals surface area (Å²) in [5.74, 6) is -0.0760. The van der Waals surface area contributed by atoms with Gasteiger partial charge in [-0.25, -0.2) is 4.68 Å². The van der Waals surface area contributed by atoms with Crippen LogP contribution in [0.1, 0.15) is 5.69 Å². The zero-order valence-corrected chi connectivity index (χ0v) is 13.0. The molecule has 22 heavy (non-hydrogen) atoms. The number of hydrogen-bond donors (Lipinski definition) is 0. The van der Waals surface area contributed by atoms with Crippen LogP contribution >= 0.6 is 11.6 Å². The molecule has 2 aromatic heterocycles. The summed E-state index contributed by atoms with van der Waals surface area (Å²) in [5, 5.41) is 12.7. The summed E-state index contributed by atoms with van der Waals surface area (Å²) in [6.07, 6.45) is 1.57. The van der Waals surface area contributed by atoms with E-state index in [0.29, 0.717) is 11.6 Å². The number of hydrogen-bond acceptors (Lipinski definition) is 4. The van der Waals surface area contributed by atoms with Crippen LogP contribution in [-0.2, 0) is 24.9 Å². The fourth-order valence-corrected chi connectivity index (χ4v) is 2.44. The highest BCUT2D eigenvalue weighted by Crippen LogP contribution is 2.16. The third-order valence-electron chi connectivity index (χ3n) is 3.53. The molecule has 3 aromatic rings. The Hall–Kier alpha value is -2.41. The molecule has 0 aliphatic rings. The Morgan fingerprint density at radius 1 is 1.36 bits per heavy atom. The Balaban J connectivity index is 1.74. The molecule has 1 amide bonds. The van der Waals surface area contributed by atoms with Gasteiger partial charge in [0.2, 0.25) is 5.91 Å². The smallest absolute Gasteiger partial charge is 0.244 e. The number of rotatable bonds is 4. The molecule has 0 N–H and O–H groups in total. The van der Waals surface area contributed by atoms with Crippen LogP contribution in [0.4, 0.5) is 0 Å². The molecule has 8 heteroatoms. The van der Waals surface area contributed by atoms with Crippen molar-refractivity contribution in [2.45, 2.75) is 13.1 Å². The lowest BCUT2D eigenvalue weighted by atomic mass is 10.3. The van der Waals surface area contributed by atoms with Gasteiger partial charge in [-0.05, 0) is 12.1 Å². The number of amides is 1. The van der Waals surface area contributed by atoms with E-state index >= 15 is 0 Å². The van der Waals surface area contributed by atoms with Gasteiger partial charge in [-0.2, -0.15) is 5.10 Å². The summed E-state index contributed by atoms with van der Waals surface area (Å²) in [6.45, 7) is 0.521. The molecule has 0 unspecified atom stereocenters. The first-order valence-corrected chi connectivity index (χ1v) is 7.12. The van der Waals surface area contributed by atoms with E-state index in [4.69, 9.17) is 11.6 Å². The Kier molecular flexibility index (Phi) is 3.81. The van der Waals surface area contributed by atoms with E-state index in [1.165, 1.54) is 0 Å². The molecule has 2 heterocycles. The number of nitrogens with zero attached hydrogens (tertiary/aromatic N) is 6. The fraction of sp³-hybridized carbons (Fsp3) is 0.286. The minimum absolute atomic E-state index is 0.0760. The number of benzene rings is 1. The normalized spacial score (nSPS) is 11.0. The minimum atomic E-state index is -0.0760. The van der Waals surface area contributed by atoms with Crippen molar-refractivity contribution in [3.63, 3.8) is 0 Å². The van der Waals surface area contributed by atoms with Gasteiger partial charge in [0.1, 0.15) is 12.1 Å². The van der Waals surface area contributed by atoms with Gasteiger partial charge in [-0.1, -0.05) is 28.9 Å². The summed E-state index contributed by atoms with van der Waals surface area (Å²) in [4.78, 5) is 14.0. The summed E-state index contributed by atoms with van der Waals surface area (Å²) in [5.41, 5.74) is 2.40. The number of likely N-dealkylation sites (N-methyl/N-ethyl adjacent to an activating group) is 1. The first-order chi connectivity index (χ1) is 10.6. The number of para-hydroxylation sites is 1. The third kappa shape index (κ3) is 2.67. The van der Waals surface area contributed by atoms with Crippen molar-refractivity contribution in [1.82, 2.24) is 29.7 Å². The summed E-state index contributed by atoms with van der Waals surface area (Å²) >= 11 is 6.07. The van der Waals surface area contributed by atoms with Crippen LogP contribution in [0, 0.1) is 0 Å². The molecule has 0 saturated carbocycles. The van der Waals surface area contributed by atoms with Gasteiger partial charge in [0.15, 0.2) is 0 Å². The van der Waals surface area contributed by atoms with Gasteiger partial charge in [-0.15, -0.1) is 5.10 Å². The van der Waals surface area contributed by atoms with Crippen molar-refractivity contribution in [3.05, 3.63) is 41.2 Å². The van der Waals surface area contributed by atoms with Gasteiger partial charge in [-0.3, -0.25) is 9.48 Å². The second-order valence-electron chi connectivity index (χ2n) is 5.05. The van der Waals surface area contributed by atoms with Crippen molar-refractivity contribution in [1.29, 1.82) is 0 Å². The number of halogens is 1. The number of carbonyl (C=O) groups excluding carboxylic acids is 1. The SMILES string of the molecule is CN(Cc1c(Cl)cnn1C)C(=O)Cn1nnc2ccccc21. The molecule has 0 aliphatic carbocycles. The molecule has 0 spiro atoms. The lowest BCUT2D eigenvalue weighted by molar-refractivity contribution is -0.131. The van der Waals surface area contributed by atoms with Gasteiger partial charge in [0.25, 0.3) is 0 Å². The summed E-state index contributed by atoms with van der Waals surface area (Å²) < 4.78 is 3.26.